The van der Waals surface area contributed by atoms with Gasteiger partial charge in [-0.05, 0) is 103 Å². The first kappa shape index (κ1) is 28.4. The van der Waals surface area contributed by atoms with E-state index in [1.807, 2.05) is 36.4 Å². The Morgan fingerprint density at radius 3 is 1.86 bits per heavy atom. The van der Waals surface area contributed by atoms with Crippen LogP contribution in [-0.2, 0) is 5.41 Å². The van der Waals surface area contributed by atoms with Crippen LogP contribution in [0, 0.1) is 24.3 Å². The Morgan fingerprint density at radius 1 is 0.592 bits per heavy atom. The lowest BCUT2D eigenvalue weighted by molar-refractivity contribution is -0.00518. The van der Waals surface area contributed by atoms with Gasteiger partial charge in [0.1, 0.15) is 0 Å². The predicted octanol–water partition coefficient (Wildman–Crippen LogP) is 11.0. The summed E-state index contributed by atoms with van der Waals surface area (Å²) in [6, 6.07) is 42.1. The Morgan fingerprint density at radius 2 is 1.20 bits per heavy atom. The topological polar surface area (TPSA) is 48.0 Å². The Labute approximate surface area is 286 Å². The van der Waals surface area contributed by atoms with Crippen molar-refractivity contribution in [3.05, 3.63) is 138 Å². The van der Waals surface area contributed by atoms with E-state index in [1.54, 1.807) is 0 Å². The molecule has 4 saturated carbocycles. The molecule has 0 radical (unpaired) electrons. The SMILES string of the molecule is [C-]#[N+]c1ccc2c(c1)c1cccc(-c3nc(-c4ccccc4)nc(-c4ccc(C56CC7CC(CC(C7)C5)C6)cc4)n3)c1n2-c1ccccc1. The van der Waals surface area contributed by atoms with E-state index in [4.69, 9.17) is 21.5 Å². The number of nitrogens with zero attached hydrogens (tertiary/aromatic N) is 5. The smallest absolute Gasteiger partial charge is 0.188 e. The standard InChI is InChI=1S/C44H35N5/c1-45-34-19-20-39-38(24-34)36-13-8-14-37(40(36)49(39)35-11-6-3-7-12-35)43-47-41(31-9-4-2-5-10-31)46-42(48-43)32-15-17-33(18-16-32)44-25-28-21-29(26-44)23-30(22-28)27-44/h2-20,24,28-30H,21-23,25-27H2. The lowest BCUT2D eigenvalue weighted by Crippen LogP contribution is -2.48. The molecular weight excluding hydrogens is 599 g/mol. The largest absolute Gasteiger partial charge is 0.309 e. The second-order valence-corrected chi connectivity index (χ2v) is 14.6. The average molecular weight is 634 g/mol. The van der Waals surface area contributed by atoms with Crippen molar-refractivity contribution in [1.82, 2.24) is 19.5 Å². The van der Waals surface area contributed by atoms with Gasteiger partial charge in [-0.3, -0.25) is 0 Å². The van der Waals surface area contributed by atoms with Crippen LogP contribution in [0.1, 0.15) is 44.1 Å². The van der Waals surface area contributed by atoms with E-state index in [0.717, 1.165) is 61.9 Å². The summed E-state index contributed by atoms with van der Waals surface area (Å²) in [6.45, 7) is 7.69. The van der Waals surface area contributed by atoms with Crippen molar-refractivity contribution in [2.75, 3.05) is 0 Å². The molecule has 5 nitrogen and oxygen atoms in total. The Kier molecular flexibility index (Phi) is 6.36. The molecular formula is C44H35N5. The average Bonchev–Trinajstić information content (AvgIpc) is 3.49. The maximum Gasteiger partial charge on any atom is 0.188 e. The van der Waals surface area contributed by atoms with Crippen molar-refractivity contribution in [1.29, 1.82) is 0 Å². The van der Waals surface area contributed by atoms with Crippen LogP contribution in [0.5, 0.6) is 0 Å². The van der Waals surface area contributed by atoms with Crippen molar-refractivity contribution >= 4 is 27.5 Å². The van der Waals surface area contributed by atoms with E-state index in [2.05, 4.69) is 94.3 Å². The fourth-order valence-electron chi connectivity index (χ4n) is 9.93. The molecule has 0 atom stereocenters. The summed E-state index contributed by atoms with van der Waals surface area (Å²) in [5, 5.41) is 2.09. The second-order valence-electron chi connectivity index (χ2n) is 14.6. The highest BCUT2D eigenvalue weighted by Crippen LogP contribution is 2.60. The fourth-order valence-corrected chi connectivity index (χ4v) is 9.93. The first-order valence-corrected chi connectivity index (χ1v) is 17.6. The minimum Gasteiger partial charge on any atom is -0.309 e. The van der Waals surface area contributed by atoms with Gasteiger partial charge in [0.25, 0.3) is 0 Å². The van der Waals surface area contributed by atoms with Gasteiger partial charge in [-0.15, -0.1) is 0 Å². The molecule has 4 fully saturated rings. The van der Waals surface area contributed by atoms with Gasteiger partial charge in [0.15, 0.2) is 23.2 Å². The fraction of sp³-hybridized carbons (Fsp3) is 0.227. The minimum absolute atomic E-state index is 0.348. The van der Waals surface area contributed by atoms with Gasteiger partial charge in [0.2, 0.25) is 0 Å². The lowest BCUT2D eigenvalue weighted by atomic mass is 9.48. The molecule has 4 aliphatic rings. The normalized spacial score (nSPS) is 22.5. The number of benzene rings is 5. The summed E-state index contributed by atoms with van der Waals surface area (Å²) < 4.78 is 2.28. The van der Waals surface area contributed by atoms with Gasteiger partial charge in [0.05, 0.1) is 17.6 Å². The molecule has 0 amide bonds. The molecule has 2 heterocycles. The Hall–Kier alpha value is -5.60. The predicted molar refractivity (Wildman–Crippen MR) is 197 cm³/mol. The summed E-state index contributed by atoms with van der Waals surface area (Å²) in [7, 11) is 0. The molecule has 0 aliphatic heterocycles. The summed E-state index contributed by atoms with van der Waals surface area (Å²) in [4.78, 5) is 19.2. The van der Waals surface area contributed by atoms with E-state index in [1.165, 1.54) is 44.1 Å². The number of fused-ring (bicyclic) bond motifs is 3. The lowest BCUT2D eigenvalue weighted by Gasteiger charge is -2.57. The molecule has 2 aromatic heterocycles. The molecule has 4 aliphatic carbocycles. The van der Waals surface area contributed by atoms with Crippen LogP contribution in [0.4, 0.5) is 5.69 Å². The number of hydrogen-bond acceptors (Lipinski definition) is 3. The molecule has 49 heavy (non-hydrogen) atoms. The number of para-hydroxylation sites is 2. The van der Waals surface area contributed by atoms with Crippen molar-refractivity contribution in [2.45, 2.75) is 43.9 Å². The second kappa shape index (κ2) is 11.0. The van der Waals surface area contributed by atoms with E-state index in [-0.39, 0.29) is 0 Å². The van der Waals surface area contributed by atoms with Gasteiger partial charge in [0, 0.05) is 27.8 Å². The zero-order valence-corrected chi connectivity index (χ0v) is 27.3. The monoisotopic (exact) mass is 633 g/mol. The van der Waals surface area contributed by atoms with Crippen LogP contribution in [0.2, 0.25) is 0 Å². The molecule has 0 N–H and O–H groups in total. The summed E-state index contributed by atoms with van der Waals surface area (Å²) >= 11 is 0. The van der Waals surface area contributed by atoms with Gasteiger partial charge in [-0.25, -0.2) is 19.8 Å². The number of rotatable bonds is 5. The van der Waals surface area contributed by atoms with Crippen molar-refractivity contribution in [3.63, 3.8) is 0 Å². The van der Waals surface area contributed by atoms with Crippen LogP contribution in [-0.4, -0.2) is 19.5 Å². The van der Waals surface area contributed by atoms with Crippen LogP contribution in [0.25, 0.3) is 66.5 Å². The van der Waals surface area contributed by atoms with Crippen LogP contribution in [0.15, 0.2) is 121 Å². The molecule has 0 saturated heterocycles. The first-order valence-electron chi connectivity index (χ1n) is 17.6. The van der Waals surface area contributed by atoms with Crippen molar-refractivity contribution in [2.24, 2.45) is 17.8 Å². The van der Waals surface area contributed by atoms with E-state index < -0.39 is 0 Å². The van der Waals surface area contributed by atoms with Gasteiger partial charge >= 0.3 is 0 Å². The summed E-state index contributed by atoms with van der Waals surface area (Å²) in [5.74, 6) is 4.69. The van der Waals surface area contributed by atoms with Crippen molar-refractivity contribution < 1.29 is 0 Å². The third-order valence-corrected chi connectivity index (χ3v) is 11.6. The maximum absolute atomic E-state index is 7.69. The molecule has 11 rings (SSSR count). The Balaban J connectivity index is 1.16. The van der Waals surface area contributed by atoms with Crippen LogP contribution < -0.4 is 0 Å². The molecule has 0 unspecified atom stereocenters. The summed E-state index contributed by atoms with van der Waals surface area (Å²) in [6.07, 6.45) is 8.40. The Bertz CT molecular complexity index is 2380. The molecule has 236 valence electrons. The molecule has 4 bridgehead atoms. The first-order chi connectivity index (χ1) is 24.1. The quantitative estimate of drug-likeness (QED) is 0.177. The summed E-state index contributed by atoms with van der Waals surface area (Å²) in [5.41, 5.74) is 8.45. The third-order valence-electron chi connectivity index (χ3n) is 11.6. The highest BCUT2D eigenvalue weighted by Gasteiger charge is 2.51. The number of aromatic nitrogens is 4. The highest BCUT2D eigenvalue weighted by atomic mass is 15.0. The third kappa shape index (κ3) is 4.62. The molecule has 5 heteroatoms. The van der Waals surface area contributed by atoms with E-state index in [9.17, 15) is 0 Å². The van der Waals surface area contributed by atoms with E-state index in [0.29, 0.717) is 28.6 Å². The van der Waals surface area contributed by atoms with Gasteiger partial charge in [-0.2, -0.15) is 0 Å². The van der Waals surface area contributed by atoms with Crippen LogP contribution in [0.3, 0.4) is 0 Å². The highest BCUT2D eigenvalue weighted by molar-refractivity contribution is 6.14. The van der Waals surface area contributed by atoms with E-state index >= 15 is 0 Å². The van der Waals surface area contributed by atoms with Crippen molar-refractivity contribution in [3.8, 4) is 39.9 Å². The molecule has 5 aromatic carbocycles. The van der Waals surface area contributed by atoms with Gasteiger partial charge < -0.3 is 4.57 Å². The molecule has 7 aromatic rings. The van der Waals surface area contributed by atoms with Gasteiger partial charge in [-0.1, -0.05) is 91.0 Å². The minimum atomic E-state index is 0.348. The molecule has 0 spiro atoms. The maximum atomic E-state index is 7.69. The van der Waals surface area contributed by atoms with Crippen LogP contribution >= 0.6 is 0 Å². The zero-order valence-electron chi connectivity index (χ0n) is 27.3. The number of hydrogen-bond donors (Lipinski definition) is 0. The zero-order chi connectivity index (χ0) is 32.5.